The SMILES string of the molecule is CC1(C)CCOc2c(C(=O)NC3CN4C(N)=N[C@@H](CNC(=O)c5ccc(OCCO)nn5)[C@@H]5[NH+]=C(N)NC54[C@@H]3O)cccc21. The van der Waals surface area contributed by atoms with E-state index < -0.39 is 35.8 Å². The van der Waals surface area contributed by atoms with Gasteiger partial charge in [0, 0.05) is 24.7 Å². The molecule has 234 valence electrons. The van der Waals surface area contributed by atoms with Gasteiger partial charge in [0.2, 0.25) is 11.5 Å². The average Bonchev–Trinajstić information content (AvgIpc) is 3.50. The van der Waals surface area contributed by atoms with E-state index in [4.69, 9.17) is 26.0 Å². The number of aliphatic hydroxyl groups is 2. The number of hydrogen-bond acceptors (Lipinski definition) is 13. The molecule has 0 radical (unpaired) electrons. The molecule has 2 aromatic rings. The van der Waals surface area contributed by atoms with Gasteiger partial charge in [-0.05, 0) is 24.0 Å². The summed E-state index contributed by atoms with van der Waals surface area (Å²) in [5.74, 6) is 0.155. The van der Waals surface area contributed by atoms with Crippen molar-refractivity contribution in [3.05, 3.63) is 47.2 Å². The Balaban J connectivity index is 1.18. The van der Waals surface area contributed by atoms with Crippen LogP contribution in [-0.4, -0.2) is 112 Å². The first kappa shape index (κ1) is 29.4. The van der Waals surface area contributed by atoms with Gasteiger partial charge < -0.3 is 41.0 Å². The molecule has 0 aliphatic carbocycles. The monoisotopic (exact) mass is 609 g/mol. The van der Waals surface area contributed by atoms with Crippen molar-refractivity contribution in [3.8, 4) is 11.6 Å². The number of rotatable bonds is 8. The maximum Gasteiger partial charge on any atom is 0.343 e. The smallest absolute Gasteiger partial charge is 0.343 e. The summed E-state index contributed by atoms with van der Waals surface area (Å²) in [6.45, 7) is 4.80. The highest BCUT2D eigenvalue weighted by Crippen LogP contribution is 2.41. The number of aromatic nitrogens is 2. The van der Waals surface area contributed by atoms with Crippen LogP contribution in [0.25, 0.3) is 0 Å². The van der Waals surface area contributed by atoms with Gasteiger partial charge in [-0.2, -0.15) is 0 Å². The molecule has 16 heteroatoms. The van der Waals surface area contributed by atoms with Crippen molar-refractivity contribution >= 4 is 23.7 Å². The number of nitrogens with one attached hydrogen (secondary N) is 4. The number of carbonyl (C=O) groups excluding carboxylic acids is 2. The van der Waals surface area contributed by atoms with Gasteiger partial charge in [0.25, 0.3) is 11.8 Å². The number of para-hydroxylation sites is 1. The van der Waals surface area contributed by atoms with Gasteiger partial charge in [0.05, 0.1) is 24.8 Å². The van der Waals surface area contributed by atoms with Crippen LogP contribution >= 0.6 is 0 Å². The fourth-order valence-electron chi connectivity index (χ4n) is 6.44. The lowest BCUT2D eigenvalue weighted by Crippen LogP contribution is -2.88. The molecule has 5 heterocycles. The Morgan fingerprint density at radius 2 is 2.05 bits per heavy atom. The van der Waals surface area contributed by atoms with Crippen LogP contribution < -0.4 is 41.9 Å². The van der Waals surface area contributed by atoms with Crippen LogP contribution in [0.3, 0.4) is 0 Å². The first-order valence-electron chi connectivity index (χ1n) is 14.4. The third-order valence-electron chi connectivity index (χ3n) is 8.70. The topological polar surface area (TPSA) is 237 Å². The number of nitrogens with zero attached hydrogens (tertiary/aromatic N) is 4. The molecule has 4 aliphatic heterocycles. The van der Waals surface area contributed by atoms with Crippen LogP contribution in [0.2, 0.25) is 0 Å². The summed E-state index contributed by atoms with van der Waals surface area (Å²) in [6, 6.07) is 6.41. The number of ether oxygens (including phenoxy) is 2. The Hall–Kier alpha value is -4.70. The minimum absolute atomic E-state index is 0.0270. The molecule has 44 heavy (non-hydrogen) atoms. The maximum atomic E-state index is 13.6. The predicted molar refractivity (Wildman–Crippen MR) is 156 cm³/mol. The molecule has 1 aromatic carbocycles. The Morgan fingerprint density at radius 1 is 1.23 bits per heavy atom. The number of hydrogen-bond donors (Lipinski definition) is 8. The van der Waals surface area contributed by atoms with Gasteiger partial charge in [-0.15, -0.1) is 10.2 Å². The molecule has 10 N–H and O–H groups in total. The van der Waals surface area contributed by atoms with Crippen molar-refractivity contribution in [2.45, 2.75) is 55.6 Å². The molecule has 2 unspecified atom stereocenters. The molecule has 0 saturated carbocycles. The standard InChI is InChI=1S/C28H36N10O6/c1-27(2)8-10-44-20-14(4-3-5-15(20)27)23(41)32-18-13-38-26(30)33-17(21-28(38,22(18)40)35-25(29)34-21)12-31-24(42)16-6-7-19(37-36-16)43-11-9-39/h3-7,17-18,21-22,39-40H,8-13H2,1-2H3,(H2,30,33)(H,31,42)(H,32,41)(H3,29,34,35)/p+1/t17-,18?,21-,22+,28?/m0/s1. The predicted octanol–water partition coefficient (Wildman–Crippen LogP) is -4.13. The number of fused-ring (bicyclic) bond motifs is 1. The molecule has 16 nitrogen and oxygen atoms in total. The highest BCUT2D eigenvalue weighted by molar-refractivity contribution is 5.98. The van der Waals surface area contributed by atoms with E-state index in [0.717, 1.165) is 12.0 Å². The van der Waals surface area contributed by atoms with Crippen LogP contribution in [-0.2, 0) is 5.41 Å². The summed E-state index contributed by atoms with van der Waals surface area (Å²) < 4.78 is 11.1. The van der Waals surface area contributed by atoms with E-state index in [-0.39, 0.29) is 61.1 Å². The largest absolute Gasteiger partial charge is 0.492 e. The number of amides is 2. The Kier molecular flexibility index (Phi) is 7.41. The minimum Gasteiger partial charge on any atom is -0.492 e. The fourth-order valence-corrected chi connectivity index (χ4v) is 6.44. The zero-order valence-corrected chi connectivity index (χ0v) is 24.4. The third-order valence-corrected chi connectivity index (χ3v) is 8.70. The van der Waals surface area contributed by atoms with E-state index in [1.807, 2.05) is 12.1 Å². The average molecular weight is 610 g/mol. The van der Waals surface area contributed by atoms with Crippen molar-refractivity contribution in [1.82, 2.24) is 31.0 Å². The Labute approximate surface area is 252 Å². The maximum absolute atomic E-state index is 13.6. The molecule has 6 rings (SSSR count). The summed E-state index contributed by atoms with van der Waals surface area (Å²) in [5, 5.41) is 37.2. The van der Waals surface area contributed by atoms with E-state index in [0.29, 0.717) is 17.9 Å². The molecule has 4 aliphatic rings. The molecule has 1 aromatic heterocycles. The third kappa shape index (κ3) is 4.89. The number of guanidine groups is 2. The molecule has 0 bridgehead atoms. The van der Waals surface area contributed by atoms with Gasteiger partial charge in [0.1, 0.15) is 24.5 Å². The Bertz CT molecular complexity index is 1510. The van der Waals surface area contributed by atoms with Crippen LogP contribution in [0, 0.1) is 0 Å². The fraction of sp³-hybridized carbons (Fsp3) is 0.500. The van der Waals surface area contributed by atoms with Gasteiger partial charge >= 0.3 is 5.96 Å². The van der Waals surface area contributed by atoms with E-state index >= 15 is 0 Å². The van der Waals surface area contributed by atoms with Crippen molar-refractivity contribution in [1.29, 1.82) is 0 Å². The summed E-state index contributed by atoms with van der Waals surface area (Å²) in [4.78, 5) is 35.9. The highest BCUT2D eigenvalue weighted by atomic mass is 16.5. The number of carbonyl (C=O) groups is 2. The first-order valence-corrected chi connectivity index (χ1v) is 14.4. The molecule has 1 fully saturated rings. The van der Waals surface area contributed by atoms with Gasteiger partial charge in [0.15, 0.2) is 17.7 Å². The van der Waals surface area contributed by atoms with Gasteiger partial charge in [-0.3, -0.25) is 20.3 Å². The van der Waals surface area contributed by atoms with Crippen molar-refractivity contribution < 1.29 is 34.3 Å². The second-order valence-electron chi connectivity index (χ2n) is 11.9. The lowest BCUT2D eigenvalue weighted by atomic mass is 9.79. The number of nitrogens with two attached hydrogens (primary N) is 2. The second kappa shape index (κ2) is 11.1. The zero-order valence-electron chi connectivity index (χ0n) is 24.4. The Morgan fingerprint density at radius 3 is 2.80 bits per heavy atom. The summed E-state index contributed by atoms with van der Waals surface area (Å²) in [7, 11) is 0. The van der Waals surface area contributed by atoms with Crippen molar-refractivity contribution in [3.63, 3.8) is 0 Å². The number of aliphatic hydroxyl groups excluding tert-OH is 2. The van der Waals surface area contributed by atoms with E-state index in [1.165, 1.54) is 12.1 Å². The molecule has 1 spiro atoms. The lowest BCUT2D eigenvalue weighted by Gasteiger charge is -2.43. The van der Waals surface area contributed by atoms with Gasteiger partial charge in [-0.25, -0.2) is 10.3 Å². The van der Waals surface area contributed by atoms with Crippen LogP contribution in [0.1, 0.15) is 46.7 Å². The zero-order chi connectivity index (χ0) is 31.2. The molecular weight excluding hydrogens is 572 g/mol. The highest BCUT2D eigenvalue weighted by Gasteiger charge is 2.68. The summed E-state index contributed by atoms with van der Waals surface area (Å²) in [6.07, 6.45) is -0.339. The quantitative estimate of drug-likeness (QED) is 0.142. The van der Waals surface area contributed by atoms with E-state index in [9.17, 15) is 14.7 Å². The number of aliphatic imine (C=N–C) groups is 1. The molecule has 1 saturated heterocycles. The van der Waals surface area contributed by atoms with Gasteiger partial charge in [-0.1, -0.05) is 26.0 Å². The van der Waals surface area contributed by atoms with E-state index in [2.05, 4.69) is 50.0 Å². The lowest BCUT2D eigenvalue weighted by molar-refractivity contribution is -0.513. The minimum atomic E-state index is -1.25. The summed E-state index contributed by atoms with van der Waals surface area (Å²) >= 11 is 0. The van der Waals surface area contributed by atoms with Crippen molar-refractivity contribution in [2.24, 2.45) is 16.5 Å². The molecule has 5 atom stereocenters. The van der Waals surface area contributed by atoms with Crippen LogP contribution in [0.5, 0.6) is 11.6 Å². The number of benzene rings is 1. The summed E-state index contributed by atoms with van der Waals surface area (Å²) in [5.41, 5.74) is 12.6. The molecule has 2 amide bonds. The molecular formula is C28H37N10O6+. The van der Waals surface area contributed by atoms with Crippen LogP contribution in [0.15, 0.2) is 35.3 Å². The van der Waals surface area contributed by atoms with Crippen LogP contribution in [0.4, 0.5) is 0 Å². The second-order valence-corrected chi connectivity index (χ2v) is 11.9. The van der Waals surface area contributed by atoms with Crippen molar-refractivity contribution in [2.75, 3.05) is 32.9 Å². The van der Waals surface area contributed by atoms with E-state index in [1.54, 1.807) is 11.0 Å². The normalized spacial score (nSPS) is 27.9. The first-order chi connectivity index (χ1) is 21.0.